The topological polar surface area (TPSA) is 38.3 Å². The van der Waals surface area contributed by atoms with E-state index in [0.717, 1.165) is 5.56 Å². The summed E-state index contributed by atoms with van der Waals surface area (Å²) in [6.07, 6.45) is 0.361. The number of carbonyl (C=O) groups is 1. The average molecular weight is 259 g/mol. The highest BCUT2D eigenvalue weighted by Crippen LogP contribution is 2.18. The zero-order valence-electron chi connectivity index (χ0n) is 10.5. The summed E-state index contributed by atoms with van der Waals surface area (Å²) in [5, 5.41) is 0. The van der Waals surface area contributed by atoms with Crippen molar-refractivity contribution in [3.8, 4) is 0 Å². The summed E-state index contributed by atoms with van der Waals surface area (Å²) >= 11 is 0. The van der Waals surface area contributed by atoms with Crippen LogP contribution in [0, 0.1) is 5.82 Å². The lowest BCUT2D eigenvalue weighted by Gasteiger charge is -2.10. The van der Waals surface area contributed by atoms with Crippen LogP contribution in [-0.4, -0.2) is 13.0 Å². The van der Waals surface area contributed by atoms with Crippen LogP contribution < -0.4 is 5.48 Å². The van der Waals surface area contributed by atoms with E-state index >= 15 is 0 Å². The Labute approximate surface area is 111 Å². The number of amides is 1. The second kappa shape index (κ2) is 6.11. The normalized spacial score (nSPS) is 10.2. The van der Waals surface area contributed by atoms with E-state index in [4.69, 9.17) is 0 Å². The SMILES string of the molecule is CONC(=O)c1cccc(F)c1Cc1ccccc1. The predicted octanol–water partition coefficient (Wildman–Crippen LogP) is 2.71. The van der Waals surface area contributed by atoms with Gasteiger partial charge in [-0.05, 0) is 17.7 Å². The van der Waals surface area contributed by atoms with Crippen LogP contribution in [0.4, 0.5) is 4.39 Å². The maximum Gasteiger partial charge on any atom is 0.275 e. The van der Waals surface area contributed by atoms with Crippen LogP contribution in [0.15, 0.2) is 48.5 Å². The third-order valence-electron chi connectivity index (χ3n) is 2.78. The quantitative estimate of drug-likeness (QED) is 0.857. The fraction of sp³-hybridized carbons (Fsp3) is 0.133. The number of benzene rings is 2. The third kappa shape index (κ3) is 3.17. The Bertz CT molecular complexity index is 570. The van der Waals surface area contributed by atoms with Crippen LogP contribution in [0.3, 0.4) is 0 Å². The first-order valence-electron chi connectivity index (χ1n) is 5.87. The molecule has 1 N–H and O–H groups in total. The van der Waals surface area contributed by atoms with E-state index in [1.165, 1.54) is 19.2 Å². The van der Waals surface area contributed by atoms with Gasteiger partial charge in [-0.25, -0.2) is 9.87 Å². The molecule has 0 aliphatic rings. The smallest absolute Gasteiger partial charge is 0.275 e. The fourth-order valence-corrected chi connectivity index (χ4v) is 1.90. The Morgan fingerprint density at radius 3 is 2.58 bits per heavy atom. The molecule has 98 valence electrons. The number of rotatable bonds is 4. The van der Waals surface area contributed by atoms with Crippen molar-refractivity contribution in [1.29, 1.82) is 0 Å². The molecule has 0 unspecified atom stereocenters. The molecule has 0 aliphatic carbocycles. The van der Waals surface area contributed by atoms with Gasteiger partial charge in [-0.2, -0.15) is 0 Å². The van der Waals surface area contributed by atoms with E-state index in [9.17, 15) is 9.18 Å². The molecule has 0 saturated carbocycles. The molecule has 3 nitrogen and oxygen atoms in total. The predicted molar refractivity (Wildman–Crippen MR) is 70.1 cm³/mol. The van der Waals surface area contributed by atoms with Crippen molar-refractivity contribution < 1.29 is 14.0 Å². The first-order chi connectivity index (χ1) is 9.22. The molecule has 2 aromatic carbocycles. The standard InChI is InChI=1S/C15H14FNO2/c1-19-17-15(18)12-8-5-9-14(16)13(12)10-11-6-3-2-4-7-11/h2-9H,10H2,1H3,(H,17,18). The minimum absolute atomic E-state index is 0.283. The first-order valence-corrected chi connectivity index (χ1v) is 5.87. The summed E-state index contributed by atoms with van der Waals surface area (Å²) in [6, 6.07) is 13.9. The molecule has 0 aliphatic heterocycles. The lowest BCUT2D eigenvalue weighted by molar-refractivity contribution is 0.0536. The lowest BCUT2D eigenvalue weighted by Crippen LogP contribution is -2.23. The van der Waals surface area contributed by atoms with Gasteiger partial charge in [0, 0.05) is 17.5 Å². The van der Waals surface area contributed by atoms with Crippen molar-refractivity contribution in [2.24, 2.45) is 0 Å². The van der Waals surface area contributed by atoms with E-state index in [0.29, 0.717) is 12.0 Å². The molecule has 0 spiro atoms. The van der Waals surface area contributed by atoms with Gasteiger partial charge in [0.2, 0.25) is 0 Å². The maximum absolute atomic E-state index is 13.9. The number of halogens is 1. The Kier molecular flexibility index (Phi) is 4.26. The second-order valence-corrected chi connectivity index (χ2v) is 4.06. The van der Waals surface area contributed by atoms with Crippen LogP contribution in [0.1, 0.15) is 21.5 Å². The van der Waals surface area contributed by atoms with Gasteiger partial charge < -0.3 is 0 Å². The summed E-state index contributed by atoms with van der Waals surface area (Å²) < 4.78 is 13.9. The molecule has 0 fully saturated rings. The molecule has 2 aromatic rings. The van der Waals surface area contributed by atoms with Crippen molar-refractivity contribution >= 4 is 5.91 Å². The summed E-state index contributed by atoms with van der Waals surface area (Å²) in [6.45, 7) is 0. The van der Waals surface area contributed by atoms with E-state index in [-0.39, 0.29) is 5.56 Å². The van der Waals surface area contributed by atoms with Crippen LogP contribution in [0.2, 0.25) is 0 Å². The minimum Gasteiger partial charge on any atom is -0.277 e. The zero-order chi connectivity index (χ0) is 13.7. The van der Waals surface area contributed by atoms with Gasteiger partial charge >= 0.3 is 0 Å². The number of hydrogen-bond acceptors (Lipinski definition) is 2. The summed E-state index contributed by atoms with van der Waals surface area (Å²) in [5.41, 5.74) is 3.80. The molecule has 0 atom stereocenters. The first kappa shape index (κ1) is 13.2. The number of hydroxylamine groups is 1. The lowest BCUT2D eigenvalue weighted by atomic mass is 9.99. The van der Waals surface area contributed by atoms with Crippen molar-refractivity contribution in [3.05, 3.63) is 71.0 Å². The number of hydrogen-bond donors (Lipinski definition) is 1. The van der Waals surface area contributed by atoms with Gasteiger partial charge in [0.25, 0.3) is 5.91 Å². The maximum atomic E-state index is 13.9. The summed E-state index contributed by atoms with van der Waals surface area (Å²) in [4.78, 5) is 16.4. The van der Waals surface area contributed by atoms with Crippen LogP contribution in [0.25, 0.3) is 0 Å². The van der Waals surface area contributed by atoms with Crippen LogP contribution in [0.5, 0.6) is 0 Å². The third-order valence-corrected chi connectivity index (χ3v) is 2.78. The Balaban J connectivity index is 2.36. The Morgan fingerprint density at radius 2 is 1.89 bits per heavy atom. The molecule has 0 bridgehead atoms. The molecular weight excluding hydrogens is 245 g/mol. The molecule has 19 heavy (non-hydrogen) atoms. The van der Waals surface area contributed by atoms with Gasteiger partial charge in [-0.1, -0.05) is 36.4 Å². The van der Waals surface area contributed by atoms with E-state index in [1.807, 2.05) is 30.3 Å². The van der Waals surface area contributed by atoms with E-state index in [2.05, 4.69) is 10.3 Å². The average Bonchev–Trinajstić information content (AvgIpc) is 2.42. The molecule has 0 saturated heterocycles. The Morgan fingerprint density at radius 1 is 1.16 bits per heavy atom. The number of nitrogens with one attached hydrogen (secondary N) is 1. The van der Waals surface area contributed by atoms with Crippen LogP contribution in [-0.2, 0) is 11.3 Å². The molecule has 0 radical (unpaired) electrons. The Hall–Kier alpha value is -2.20. The van der Waals surface area contributed by atoms with Crippen molar-refractivity contribution in [3.63, 3.8) is 0 Å². The molecule has 1 amide bonds. The molecule has 0 aromatic heterocycles. The monoisotopic (exact) mass is 259 g/mol. The van der Waals surface area contributed by atoms with Gasteiger partial charge in [0.05, 0.1) is 7.11 Å². The molecular formula is C15H14FNO2. The number of carbonyl (C=O) groups excluding carboxylic acids is 1. The van der Waals surface area contributed by atoms with Gasteiger partial charge in [0.15, 0.2) is 0 Å². The zero-order valence-corrected chi connectivity index (χ0v) is 10.5. The van der Waals surface area contributed by atoms with Crippen molar-refractivity contribution in [2.45, 2.75) is 6.42 Å². The highest BCUT2D eigenvalue weighted by molar-refractivity contribution is 5.95. The van der Waals surface area contributed by atoms with E-state index < -0.39 is 11.7 Å². The van der Waals surface area contributed by atoms with Gasteiger partial charge in [-0.3, -0.25) is 9.63 Å². The fourth-order valence-electron chi connectivity index (χ4n) is 1.90. The summed E-state index contributed by atoms with van der Waals surface area (Å²) in [5.74, 6) is -0.847. The van der Waals surface area contributed by atoms with Gasteiger partial charge in [0.1, 0.15) is 5.82 Å². The molecule has 0 heterocycles. The molecule has 2 rings (SSSR count). The van der Waals surface area contributed by atoms with Crippen molar-refractivity contribution in [1.82, 2.24) is 5.48 Å². The van der Waals surface area contributed by atoms with Crippen LogP contribution >= 0.6 is 0 Å². The van der Waals surface area contributed by atoms with E-state index in [1.54, 1.807) is 6.07 Å². The largest absolute Gasteiger partial charge is 0.277 e. The second-order valence-electron chi connectivity index (χ2n) is 4.06. The molecule has 4 heteroatoms. The minimum atomic E-state index is -0.451. The summed E-state index contributed by atoms with van der Waals surface area (Å²) in [7, 11) is 1.34. The van der Waals surface area contributed by atoms with Crippen molar-refractivity contribution in [2.75, 3.05) is 7.11 Å². The highest BCUT2D eigenvalue weighted by atomic mass is 19.1. The van der Waals surface area contributed by atoms with Gasteiger partial charge in [-0.15, -0.1) is 0 Å². The highest BCUT2D eigenvalue weighted by Gasteiger charge is 2.15.